The topological polar surface area (TPSA) is 80.9 Å². The summed E-state index contributed by atoms with van der Waals surface area (Å²) >= 11 is 5.33. The number of aliphatic hydroxyl groups is 2. The molecule has 14 heavy (non-hydrogen) atoms. The number of halogens is 1. The zero-order valence-electron chi connectivity index (χ0n) is 7.26. The highest BCUT2D eigenvalue weighted by Gasteiger charge is 2.20. The second-order valence-electron chi connectivity index (χ2n) is 2.91. The Morgan fingerprint density at radius 3 is 2.43 bits per heavy atom. The van der Waals surface area contributed by atoms with E-state index in [2.05, 4.69) is 0 Å². The molecule has 2 unspecified atom stereocenters. The Balaban J connectivity index is 2.99. The average molecular weight is 219 g/mol. The number of aliphatic hydroxyl groups excluding tert-OH is 2. The van der Waals surface area contributed by atoms with Gasteiger partial charge in [0.05, 0.1) is 12.0 Å². The second-order valence-corrected chi connectivity index (χ2v) is 3.22. The number of aromatic hydroxyl groups is 2. The molecule has 0 radical (unpaired) electrons. The van der Waals surface area contributed by atoms with Gasteiger partial charge in [0.2, 0.25) is 0 Å². The van der Waals surface area contributed by atoms with Crippen LogP contribution in [0.5, 0.6) is 11.5 Å². The van der Waals surface area contributed by atoms with Crippen LogP contribution in [-0.2, 0) is 0 Å². The Kier molecular flexibility index (Phi) is 3.57. The molecule has 0 saturated heterocycles. The maximum absolute atomic E-state index is 9.49. The van der Waals surface area contributed by atoms with Gasteiger partial charge in [-0.05, 0) is 18.2 Å². The van der Waals surface area contributed by atoms with Crippen molar-refractivity contribution in [3.8, 4) is 11.5 Å². The van der Waals surface area contributed by atoms with E-state index in [4.69, 9.17) is 16.7 Å². The van der Waals surface area contributed by atoms with Crippen LogP contribution in [0.3, 0.4) is 0 Å². The average Bonchev–Trinajstić information content (AvgIpc) is 2.19. The summed E-state index contributed by atoms with van der Waals surface area (Å²) in [7, 11) is 0. The van der Waals surface area contributed by atoms with Gasteiger partial charge in [-0.25, -0.2) is 0 Å². The van der Waals surface area contributed by atoms with Crippen molar-refractivity contribution in [1.29, 1.82) is 0 Å². The molecule has 0 heterocycles. The van der Waals surface area contributed by atoms with Crippen molar-refractivity contribution in [3.05, 3.63) is 23.8 Å². The number of rotatable bonds is 3. The number of phenols is 2. The first-order valence-corrected chi connectivity index (χ1v) is 4.53. The Morgan fingerprint density at radius 1 is 1.21 bits per heavy atom. The third kappa shape index (κ3) is 2.29. The molecule has 1 rings (SSSR count). The molecule has 0 aliphatic rings. The molecule has 78 valence electrons. The molecule has 0 saturated carbocycles. The van der Waals surface area contributed by atoms with E-state index in [0.29, 0.717) is 0 Å². The lowest BCUT2D eigenvalue weighted by Crippen LogP contribution is -2.19. The summed E-state index contributed by atoms with van der Waals surface area (Å²) in [6, 6.07) is 3.68. The lowest BCUT2D eigenvalue weighted by atomic mass is 10.0. The van der Waals surface area contributed by atoms with E-state index in [1.807, 2.05) is 0 Å². The standard InChI is InChI=1S/C9H11ClO4/c10-4-8(13)9(14)6-3-5(11)1-2-7(6)12/h1-3,8-9,11-14H,4H2. The summed E-state index contributed by atoms with van der Waals surface area (Å²) < 4.78 is 0. The Morgan fingerprint density at radius 2 is 1.86 bits per heavy atom. The van der Waals surface area contributed by atoms with Crippen molar-refractivity contribution in [3.63, 3.8) is 0 Å². The Hall–Kier alpha value is -0.970. The molecule has 0 aliphatic carbocycles. The van der Waals surface area contributed by atoms with E-state index in [1.54, 1.807) is 0 Å². The zero-order valence-corrected chi connectivity index (χ0v) is 8.02. The monoisotopic (exact) mass is 218 g/mol. The third-order valence-corrected chi connectivity index (χ3v) is 2.17. The minimum atomic E-state index is -1.31. The number of phenolic OH excluding ortho intramolecular Hbond substituents is 2. The molecule has 4 N–H and O–H groups in total. The van der Waals surface area contributed by atoms with Gasteiger partial charge in [-0.2, -0.15) is 0 Å². The highest BCUT2D eigenvalue weighted by atomic mass is 35.5. The third-order valence-electron chi connectivity index (χ3n) is 1.85. The van der Waals surface area contributed by atoms with Crippen molar-refractivity contribution in [1.82, 2.24) is 0 Å². The van der Waals surface area contributed by atoms with Crippen LogP contribution in [0, 0.1) is 0 Å². The molecule has 0 amide bonds. The van der Waals surface area contributed by atoms with Crippen LogP contribution >= 0.6 is 11.6 Å². The fraction of sp³-hybridized carbons (Fsp3) is 0.333. The van der Waals surface area contributed by atoms with Crippen molar-refractivity contribution in [2.45, 2.75) is 12.2 Å². The molecule has 5 heteroatoms. The number of hydrogen-bond donors (Lipinski definition) is 4. The van der Waals surface area contributed by atoms with E-state index >= 15 is 0 Å². The summed E-state index contributed by atoms with van der Waals surface area (Å²) in [4.78, 5) is 0. The quantitative estimate of drug-likeness (QED) is 0.446. The smallest absolute Gasteiger partial charge is 0.121 e. The molecule has 0 spiro atoms. The first-order chi connectivity index (χ1) is 6.56. The molecule has 4 nitrogen and oxygen atoms in total. The minimum absolute atomic E-state index is 0.0538. The van der Waals surface area contributed by atoms with E-state index in [0.717, 1.165) is 0 Å². The van der Waals surface area contributed by atoms with Crippen LogP contribution in [0.2, 0.25) is 0 Å². The Bertz CT molecular complexity index is 316. The Labute approximate surface area is 86.0 Å². The normalized spacial score (nSPS) is 15.1. The number of hydrogen-bond acceptors (Lipinski definition) is 4. The predicted molar refractivity (Wildman–Crippen MR) is 51.5 cm³/mol. The lowest BCUT2D eigenvalue weighted by molar-refractivity contribution is 0.0311. The second kappa shape index (κ2) is 4.50. The van der Waals surface area contributed by atoms with Crippen LogP contribution in [-0.4, -0.2) is 32.4 Å². The molecule has 2 atom stereocenters. The summed E-state index contributed by atoms with van der Waals surface area (Å²) in [5.74, 6) is -0.450. The van der Waals surface area contributed by atoms with Crippen molar-refractivity contribution >= 4 is 11.6 Å². The molecular formula is C9H11ClO4. The van der Waals surface area contributed by atoms with Crippen molar-refractivity contribution in [2.24, 2.45) is 0 Å². The maximum atomic E-state index is 9.49. The summed E-state index contributed by atoms with van der Waals surface area (Å²) in [6.45, 7) is 0. The van der Waals surface area contributed by atoms with Crippen LogP contribution in [0.25, 0.3) is 0 Å². The maximum Gasteiger partial charge on any atom is 0.121 e. The van der Waals surface area contributed by atoms with E-state index < -0.39 is 12.2 Å². The van der Waals surface area contributed by atoms with Gasteiger partial charge in [-0.1, -0.05) is 0 Å². The van der Waals surface area contributed by atoms with Gasteiger partial charge in [-0.15, -0.1) is 11.6 Å². The summed E-state index contributed by atoms with van der Waals surface area (Å²) in [5, 5.41) is 37.1. The van der Waals surface area contributed by atoms with Crippen molar-refractivity contribution < 1.29 is 20.4 Å². The van der Waals surface area contributed by atoms with Crippen LogP contribution < -0.4 is 0 Å². The summed E-state index contributed by atoms with van der Waals surface area (Å²) in [6.07, 6.45) is -2.48. The molecule has 0 fully saturated rings. The first kappa shape index (κ1) is 11.1. The molecule has 1 aromatic carbocycles. The van der Waals surface area contributed by atoms with Gasteiger partial charge in [-0.3, -0.25) is 0 Å². The largest absolute Gasteiger partial charge is 0.508 e. The van der Waals surface area contributed by atoms with Gasteiger partial charge in [0, 0.05) is 5.56 Å². The van der Waals surface area contributed by atoms with Gasteiger partial charge in [0.1, 0.15) is 17.6 Å². The van der Waals surface area contributed by atoms with Gasteiger partial charge in [0.15, 0.2) is 0 Å². The van der Waals surface area contributed by atoms with Gasteiger partial charge >= 0.3 is 0 Å². The van der Waals surface area contributed by atoms with Crippen LogP contribution in [0.1, 0.15) is 11.7 Å². The molecule has 0 aliphatic heterocycles. The van der Waals surface area contributed by atoms with Crippen LogP contribution in [0.15, 0.2) is 18.2 Å². The lowest BCUT2D eigenvalue weighted by Gasteiger charge is -2.16. The van der Waals surface area contributed by atoms with Gasteiger partial charge in [0.25, 0.3) is 0 Å². The highest BCUT2D eigenvalue weighted by Crippen LogP contribution is 2.29. The van der Waals surface area contributed by atoms with Crippen LogP contribution in [0.4, 0.5) is 0 Å². The zero-order chi connectivity index (χ0) is 10.7. The van der Waals surface area contributed by atoms with E-state index in [-0.39, 0.29) is 22.9 Å². The number of benzene rings is 1. The molecular weight excluding hydrogens is 208 g/mol. The fourth-order valence-corrected chi connectivity index (χ4v) is 1.24. The number of alkyl halides is 1. The molecule has 1 aromatic rings. The van der Waals surface area contributed by atoms with Gasteiger partial charge < -0.3 is 20.4 Å². The van der Waals surface area contributed by atoms with E-state index in [9.17, 15) is 15.3 Å². The first-order valence-electron chi connectivity index (χ1n) is 4.00. The SMILES string of the molecule is Oc1ccc(O)c(C(O)C(O)CCl)c1. The molecule has 0 bridgehead atoms. The fourth-order valence-electron chi connectivity index (χ4n) is 1.07. The van der Waals surface area contributed by atoms with E-state index in [1.165, 1.54) is 18.2 Å². The predicted octanol–water partition coefficient (Wildman–Crippen LogP) is 0.731. The minimum Gasteiger partial charge on any atom is -0.508 e. The summed E-state index contributed by atoms with van der Waals surface area (Å²) in [5.41, 5.74) is 0.0538. The molecule has 0 aromatic heterocycles. The van der Waals surface area contributed by atoms with Crippen molar-refractivity contribution in [2.75, 3.05) is 5.88 Å². The highest BCUT2D eigenvalue weighted by molar-refractivity contribution is 6.18.